The molecule has 0 saturated carbocycles. The molecule has 11 rings (SSSR count). The van der Waals surface area contributed by atoms with Gasteiger partial charge in [0.15, 0.2) is 43.3 Å². The van der Waals surface area contributed by atoms with Crippen molar-refractivity contribution in [1.82, 2.24) is 0 Å². The minimum absolute atomic E-state index is 0.0238. The quantitative estimate of drug-likeness (QED) is 0.0304. The van der Waals surface area contributed by atoms with Crippen molar-refractivity contribution in [1.29, 1.82) is 0 Å². The van der Waals surface area contributed by atoms with Gasteiger partial charge in [-0.3, -0.25) is 9.59 Å². The van der Waals surface area contributed by atoms with Crippen LogP contribution < -0.4 is 0 Å². The summed E-state index contributed by atoms with van der Waals surface area (Å²) in [5.74, 6) is -4.30. The fraction of sp³-hybridized carbons (Fsp3) is 0.321. The Balaban J connectivity index is 1.03. The van der Waals surface area contributed by atoms with Gasteiger partial charge in [-0.1, -0.05) is 206 Å². The van der Waals surface area contributed by atoms with Crippen LogP contribution in [0.5, 0.6) is 0 Å². The molecule has 0 bridgehead atoms. The lowest BCUT2D eigenvalue weighted by molar-refractivity contribution is -0.336. The Morgan fingerprint density at radius 1 is 0.364 bits per heavy atom. The van der Waals surface area contributed by atoms with Crippen LogP contribution in [0.2, 0.25) is 0 Å². The van der Waals surface area contributed by atoms with Gasteiger partial charge in [0.2, 0.25) is 0 Å². The standard InChI is InChI=1S/C78H78O21/c1-51(79)86-49-62(93-73(81)58-37-21-8-22-38-58)66-69(97-74(82)59-39-23-9-24-40-59)72(98-75(83)60-41-25-10-26-42-60)78(99-66)95-63(65-68(70(76(84)96-65)92-52(2)80)89-46-56-33-17-6-18-34-56)50-91-77-71(90-47-57-35-19-7-20-36-57)67(88-45-55-31-15-5-16-32-55)64(87-44-54-29-13-4-14-30-54)61(94-77)48-85-43-53-27-11-3-12-28-53/h3-42,61-72,76-78,84H,43-50H2,1-2H3/t61-,62-,63-,64+,65+,66+,67+,68+,69+,70-,71-,72-,76-,77+,78-/m1/s1. The van der Waals surface area contributed by atoms with E-state index in [1.54, 1.807) is 54.6 Å². The zero-order valence-electron chi connectivity index (χ0n) is 54.5. The van der Waals surface area contributed by atoms with Crippen LogP contribution in [0, 0.1) is 0 Å². The molecule has 15 atom stereocenters. The Bertz CT molecular complexity index is 3770. The molecule has 99 heavy (non-hydrogen) atoms. The first-order valence-electron chi connectivity index (χ1n) is 32.6. The summed E-state index contributed by atoms with van der Waals surface area (Å²) in [7, 11) is 0. The second kappa shape index (κ2) is 36.0. The summed E-state index contributed by atoms with van der Waals surface area (Å²) in [6.45, 7) is 1.31. The van der Waals surface area contributed by atoms with E-state index in [1.165, 1.54) is 43.3 Å². The van der Waals surface area contributed by atoms with Crippen molar-refractivity contribution in [2.75, 3.05) is 19.8 Å². The lowest BCUT2D eigenvalue weighted by Gasteiger charge is -2.46. The highest BCUT2D eigenvalue weighted by Gasteiger charge is 2.59. The van der Waals surface area contributed by atoms with Crippen LogP contribution in [-0.2, 0) is 114 Å². The number of carbonyl (C=O) groups is 5. The zero-order chi connectivity index (χ0) is 68.7. The molecule has 21 heteroatoms. The molecule has 3 aliphatic heterocycles. The summed E-state index contributed by atoms with van der Waals surface area (Å²) < 4.78 is 99.3. The van der Waals surface area contributed by atoms with Crippen LogP contribution in [0.25, 0.3) is 0 Å². The van der Waals surface area contributed by atoms with Crippen LogP contribution >= 0.6 is 0 Å². The number of rotatable bonds is 32. The molecule has 21 nitrogen and oxygen atoms in total. The summed E-state index contributed by atoms with van der Waals surface area (Å²) in [5, 5.41) is 12.0. The minimum atomic E-state index is -1.89. The first kappa shape index (κ1) is 71.0. The lowest BCUT2D eigenvalue weighted by atomic mass is 9.97. The van der Waals surface area contributed by atoms with E-state index in [2.05, 4.69) is 0 Å². The molecule has 3 aliphatic rings. The Morgan fingerprint density at radius 2 is 0.768 bits per heavy atom. The van der Waals surface area contributed by atoms with Gasteiger partial charge in [0.1, 0.15) is 55.4 Å². The predicted octanol–water partition coefficient (Wildman–Crippen LogP) is 10.3. The van der Waals surface area contributed by atoms with Gasteiger partial charge in [0, 0.05) is 13.8 Å². The third kappa shape index (κ3) is 20.0. The molecular formula is C78H78O21. The molecule has 0 radical (unpaired) electrons. The lowest BCUT2D eigenvalue weighted by Crippen LogP contribution is -2.62. The van der Waals surface area contributed by atoms with Crippen LogP contribution in [-0.4, -0.2) is 147 Å². The molecule has 8 aromatic rings. The second-order valence-electron chi connectivity index (χ2n) is 23.7. The average Bonchev–Trinajstić information content (AvgIpc) is 1.77. The van der Waals surface area contributed by atoms with E-state index in [0.717, 1.165) is 29.2 Å². The van der Waals surface area contributed by atoms with Gasteiger partial charge < -0.3 is 76.2 Å². The maximum Gasteiger partial charge on any atom is 0.338 e. The second-order valence-corrected chi connectivity index (χ2v) is 23.7. The molecule has 3 heterocycles. The van der Waals surface area contributed by atoms with Crippen LogP contribution in [0.3, 0.4) is 0 Å². The summed E-state index contributed by atoms with van der Waals surface area (Å²) in [6.07, 6.45) is -22.0. The number of aliphatic hydroxyl groups is 1. The van der Waals surface area contributed by atoms with Gasteiger partial charge in [-0.15, -0.1) is 0 Å². The Kier molecular flexibility index (Phi) is 25.8. The van der Waals surface area contributed by atoms with Crippen LogP contribution in [0.4, 0.5) is 0 Å². The van der Waals surface area contributed by atoms with E-state index in [-0.39, 0.29) is 56.3 Å². The maximum absolute atomic E-state index is 14.7. The smallest absolute Gasteiger partial charge is 0.338 e. The highest BCUT2D eigenvalue weighted by molar-refractivity contribution is 5.91. The number of ether oxygens (including phenoxy) is 15. The van der Waals surface area contributed by atoms with Gasteiger partial charge in [-0.2, -0.15) is 0 Å². The normalized spacial score (nSPS) is 24.0. The van der Waals surface area contributed by atoms with E-state index < -0.39 is 135 Å². The fourth-order valence-corrected chi connectivity index (χ4v) is 11.7. The number of hydrogen-bond acceptors (Lipinski definition) is 21. The molecule has 0 unspecified atom stereocenters. The van der Waals surface area contributed by atoms with Crippen molar-refractivity contribution < 1.29 is 100 Å². The third-order valence-corrected chi connectivity index (χ3v) is 16.6. The van der Waals surface area contributed by atoms with Crippen molar-refractivity contribution in [2.24, 2.45) is 0 Å². The molecule has 3 fully saturated rings. The first-order valence-corrected chi connectivity index (χ1v) is 32.6. The monoisotopic (exact) mass is 1350 g/mol. The summed E-state index contributed by atoms with van der Waals surface area (Å²) >= 11 is 0. The topological polar surface area (TPSA) is 244 Å². The van der Waals surface area contributed by atoms with Gasteiger partial charge >= 0.3 is 29.8 Å². The summed E-state index contributed by atoms with van der Waals surface area (Å²) in [5.41, 5.74) is 4.32. The molecular weight excluding hydrogens is 1270 g/mol. The first-order chi connectivity index (χ1) is 48.4. The van der Waals surface area contributed by atoms with Gasteiger partial charge in [0.05, 0.1) is 62.9 Å². The SMILES string of the molecule is CC(=O)OC[C@@H](OC(=O)c1ccccc1)[C@@H]1O[C@@H](O[C@H](CO[C@H]2O[C@H](COCc3ccccc3)[C@H](OCc3ccccc3)[C@H](OCc3ccccc3)[C@H]2OCc2ccccc2)[C@@H]2O[C@@H](O)[C@H](OC(C)=O)[C@H]2OCc2ccccc2)[C@H](OC(=O)c2ccccc2)[C@H]1OC(=O)c1ccccc1. The maximum atomic E-state index is 14.7. The Hall–Kier alpha value is -9.33. The van der Waals surface area contributed by atoms with E-state index in [1.807, 2.05) is 152 Å². The van der Waals surface area contributed by atoms with E-state index in [9.17, 15) is 29.1 Å². The molecule has 8 aromatic carbocycles. The number of carbonyl (C=O) groups excluding carboxylic acids is 5. The van der Waals surface area contributed by atoms with E-state index in [4.69, 9.17) is 71.1 Å². The van der Waals surface area contributed by atoms with Gasteiger partial charge in [0.25, 0.3) is 0 Å². The van der Waals surface area contributed by atoms with Gasteiger partial charge in [-0.05, 0) is 64.2 Å². The summed E-state index contributed by atoms with van der Waals surface area (Å²) in [4.78, 5) is 69.4. The molecule has 1 N–H and O–H groups in total. The predicted molar refractivity (Wildman–Crippen MR) is 354 cm³/mol. The van der Waals surface area contributed by atoms with E-state index >= 15 is 0 Å². The average molecular weight is 1350 g/mol. The number of benzene rings is 8. The highest BCUT2D eigenvalue weighted by atomic mass is 16.8. The molecule has 0 aromatic heterocycles. The molecule has 0 aliphatic carbocycles. The number of esters is 5. The van der Waals surface area contributed by atoms with Crippen molar-refractivity contribution in [3.05, 3.63) is 287 Å². The van der Waals surface area contributed by atoms with Crippen molar-refractivity contribution in [2.45, 2.75) is 139 Å². The largest absolute Gasteiger partial charge is 0.462 e. The zero-order valence-corrected chi connectivity index (χ0v) is 54.5. The molecule has 516 valence electrons. The minimum Gasteiger partial charge on any atom is -0.462 e. The van der Waals surface area contributed by atoms with Gasteiger partial charge in [-0.25, -0.2) is 14.4 Å². The summed E-state index contributed by atoms with van der Waals surface area (Å²) in [6, 6.07) is 71.2. The van der Waals surface area contributed by atoms with Crippen LogP contribution in [0.1, 0.15) is 72.7 Å². The van der Waals surface area contributed by atoms with Crippen molar-refractivity contribution in [3.63, 3.8) is 0 Å². The number of hydrogen-bond donors (Lipinski definition) is 1. The number of aliphatic hydroxyl groups excluding tert-OH is 1. The van der Waals surface area contributed by atoms with Crippen LogP contribution in [0.15, 0.2) is 243 Å². The Morgan fingerprint density at radius 3 is 1.23 bits per heavy atom. The molecule has 0 amide bonds. The van der Waals surface area contributed by atoms with Crippen molar-refractivity contribution in [3.8, 4) is 0 Å². The molecule has 3 saturated heterocycles. The fourth-order valence-electron chi connectivity index (χ4n) is 11.7. The van der Waals surface area contributed by atoms with Crippen molar-refractivity contribution >= 4 is 29.8 Å². The Labute approximate surface area is 573 Å². The highest BCUT2D eigenvalue weighted by Crippen LogP contribution is 2.39. The van der Waals surface area contributed by atoms with E-state index in [0.29, 0.717) is 5.56 Å². The third-order valence-electron chi connectivity index (χ3n) is 16.6. The molecule has 0 spiro atoms.